The van der Waals surface area contributed by atoms with Crippen molar-refractivity contribution in [3.63, 3.8) is 0 Å². The molecule has 0 aliphatic carbocycles. The van der Waals surface area contributed by atoms with Gasteiger partial charge in [-0.15, -0.1) is 0 Å². The van der Waals surface area contributed by atoms with Gasteiger partial charge >= 0.3 is 6.18 Å². The highest BCUT2D eigenvalue weighted by atomic mass is 19.4. The molecule has 4 heterocycles. The minimum atomic E-state index is -4.49. The van der Waals surface area contributed by atoms with Crippen LogP contribution in [0.25, 0.3) is 16.7 Å². The van der Waals surface area contributed by atoms with Gasteiger partial charge in [-0.05, 0) is 12.1 Å². The van der Waals surface area contributed by atoms with Crippen molar-refractivity contribution in [3.8, 4) is 0 Å². The molecule has 0 unspecified atom stereocenters. The summed E-state index contributed by atoms with van der Waals surface area (Å²) < 4.78 is 46.1. The maximum absolute atomic E-state index is 13.0. The number of rotatable bonds is 2. The lowest BCUT2D eigenvalue weighted by molar-refractivity contribution is -0.140. The van der Waals surface area contributed by atoms with E-state index in [1.165, 1.54) is 16.8 Å². The number of oxazole rings is 1. The number of anilines is 2. The Morgan fingerprint density at radius 1 is 0.964 bits per heavy atom. The van der Waals surface area contributed by atoms with E-state index in [-0.39, 0.29) is 5.65 Å². The molecule has 10 heteroatoms. The van der Waals surface area contributed by atoms with Crippen LogP contribution in [0.4, 0.5) is 25.0 Å². The van der Waals surface area contributed by atoms with E-state index in [9.17, 15) is 13.2 Å². The van der Waals surface area contributed by atoms with Gasteiger partial charge in [0, 0.05) is 44.8 Å². The molecule has 4 aromatic rings. The van der Waals surface area contributed by atoms with Crippen molar-refractivity contribution >= 4 is 28.6 Å². The summed E-state index contributed by atoms with van der Waals surface area (Å²) in [5.41, 5.74) is 0.795. The number of alkyl halides is 3. The lowest BCUT2D eigenvalue weighted by Gasteiger charge is -2.34. The van der Waals surface area contributed by atoms with Crippen LogP contribution in [0.15, 0.2) is 47.3 Å². The van der Waals surface area contributed by atoms with E-state index in [1.54, 1.807) is 0 Å². The first-order valence-corrected chi connectivity index (χ1v) is 8.75. The average Bonchev–Trinajstić information content (AvgIpc) is 3.32. The molecule has 5 rings (SSSR count). The van der Waals surface area contributed by atoms with Crippen LogP contribution in [-0.2, 0) is 6.18 Å². The molecule has 1 fully saturated rings. The number of hydrogen-bond donors (Lipinski definition) is 0. The quantitative estimate of drug-likeness (QED) is 0.526. The van der Waals surface area contributed by atoms with E-state index in [4.69, 9.17) is 4.42 Å². The summed E-state index contributed by atoms with van der Waals surface area (Å²) in [4.78, 5) is 16.5. The fourth-order valence-corrected chi connectivity index (χ4v) is 3.37. The molecule has 0 amide bonds. The van der Waals surface area contributed by atoms with Crippen LogP contribution in [0.1, 0.15) is 5.69 Å². The molecule has 1 aliphatic rings. The van der Waals surface area contributed by atoms with Gasteiger partial charge < -0.3 is 18.6 Å². The minimum Gasteiger partial charge on any atom is -0.423 e. The largest absolute Gasteiger partial charge is 0.434 e. The Hall–Kier alpha value is -3.30. The average molecular weight is 388 g/mol. The number of fused-ring (bicyclic) bond motifs is 2. The number of piperazine rings is 1. The Labute approximate surface area is 157 Å². The van der Waals surface area contributed by atoms with Crippen LogP contribution < -0.4 is 9.80 Å². The van der Waals surface area contributed by atoms with E-state index in [1.807, 2.05) is 34.1 Å². The fraction of sp³-hybridized carbons (Fsp3) is 0.278. The van der Waals surface area contributed by atoms with Crippen LogP contribution >= 0.6 is 0 Å². The molecular weight excluding hydrogens is 373 g/mol. The second-order valence-corrected chi connectivity index (χ2v) is 6.54. The molecule has 0 saturated carbocycles. The third-order valence-corrected chi connectivity index (χ3v) is 4.78. The fourth-order valence-electron chi connectivity index (χ4n) is 3.37. The van der Waals surface area contributed by atoms with E-state index in [0.29, 0.717) is 38.0 Å². The minimum absolute atomic E-state index is 0.199. The Morgan fingerprint density at radius 3 is 2.46 bits per heavy atom. The number of halogens is 3. The first kappa shape index (κ1) is 16.8. The molecule has 0 N–H and O–H groups in total. The summed E-state index contributed by atoms with van der Waals surface area (Å²) in [6.07, 6.45) is -0.559. The van der Waals surface area contributed by atoms with Gasteiger partial charge in [0.15, 0.2) is 22.7 Å². The predicted molar refractivity (Wildman–Crippen MR) is 96.4 cm³/mol. The lowest BCUT2D eigenvalue weighted by atomic mass is 10.3. The Kier molecular flexibility index (Phi) is 3.68. The van der Waals surface area contributed by atoms with Gasteiger partial charge in [-0.25, -0.2) is 9.97 Å². The van der Waals surface area contributed by atoms with Crippen molar-refractivity contribution in [2.45, 2.75) is 6.18 Å². The predicted octanol–water partition coefficient (Wildman–Crippen LogP) is 3.22. The molecule has 7 nitrogen and oxygen atoms in total. The molecule has 0 bridgehead atoms. The topological polar surface area (TPSA) is 62.7 Å². The lowest BCUT2D eigenvalue weighted by Crippen LogP contribution is -2.47. The van der Waals surface area contributed by atoms with Crippen molar-refractivity contribution in [1.29, 1.82) is 0 Å². The van der Waals surface area contributed by atoms with E-state index < -0.39 is 11.9 Å². The van der Waals surface area contributed by atoms with Crippen molar-refractivity contribution < 1.29 is 17.6 Å². The SMILES string of the molecule is FC(F)(F)c1cn2ccnc(N3CCN(c4nc5ccccc5o4)CC3)c2n1. The molecule has 0 atom stereocenters. The van der Waals surface area contributed by atoms with Gasteiger partial charge in [0.25, 0.3) is 6.01 Å². The Balaban J connectivity index is 1.38. The number of nitrogens with zero attached hydrogens (tertiary/aromatic N) is 6. The highest BCUT2D eigenvalue weighted by Crippen LogP contribution is 2.30. The van der Waals surface area contributed by atoms with Gasteiger partial charge in [-0.2, -0.15) is 18.2 Å². The van der Waals surface area contributed by atoms with Crippen LogP contribution in [0.5, 0.6) is 0 Å². The monoisotopic (exact) mass is 388 g/mol. The summed E-state index contributed by atoms with van der Waals surface area (Å²) in [5, 5.41) is 0. The van der Waals surface area contributed by atoms with E-state index in [0.717, 1.165) is 17.3 Å². The van der Waals surface area contributed by atoms with Crippen molar-refractivity contribution in [2.75, 3.05) is 36.0 Å². The third-order valence-electron chi connectivity index (χ3n) is 4.78. The van der Waals surface area contributed by atoms with Gasteiger partial charge in [-0.3, -0.25) is 0 Å². The zero-order valence-corrected chi connectivity index (χ0v) is 14.6. The summed E-state index contributed by atoms with van der Waals surface area (Å²) in [5.74, 6) is 0.440. The molecule has 1 aromatic carbocycles. The normalized spacial score (nSPS) is 15.7. The number of benzene rings is 1. The van der Waals surface area contributed by atoms with Crippen molar-refractivity contribution in [2.24, 2.45) is 0 Å². The second-order valence-electron chi connectivity index (χ2n) is 6.54. The zero-order chi connectivity index (χ0) is 19.3. The smallest absolute Gasteiger partial charge is 0.423 e. The molecule has 0 radical (unpaired) electrons. The van der Waals surface area contributed by atoms with Gasteiger partial charge in [0.2, 0.25) is 0 Å². The standard InChI is InChI=1S/C18H15F3N6O/c19-18(20,21)14-11-27-6-5-22-15(16(27)24-14)25-7-9-26(10-8-25)17-23-12-3-1-2-4-13(12)28-17/h1-6,11H,7-10H2. The number of para-hydroxylation sites is 2. The molecule has 1 aliphatic heterocycles. The number of hydrogen-bond acceptors (Lipinski definition) is 6. The maximum atomic E-state index is 13.0. The third kappa shape index (κ3) is 2.81. The summed E-state index contributed by atoms with van der Waals surface area (Å²) in [7, 11) is 0. The van der Waals surface area contributed by atoms with E-state index >= 15 is 0 Å². The van der Waals surface area contributed by atoms with Gasteiger partial charge in [0.05, 0.1) is 0 Å². The van der Waals surface area contributed by atoms with Crippen molar-refractivity contribution in [1.82, 2.24) is 19.4 Å². The Bertz CT molecular complexity index is 1110. The van der Waals surface area contributed by atoms with E-state index in [2.05, 4.69) is 15.0 Å². The molecule has 0 spiro atoms. The van der Waals surface area contributed by atoms with Gasteiger partial charge in [0.1, 0.15) is 5.52 Å². The second kappa shape index (κ2) is 6.11. The van der Waals surface area contributed by atoms with Crippen molar-refractivity contribution in [3.05, 3.63) is 48.5 Å². The molecule has 1 saturated heterocycles. The summed E-state index contributed by atoms with van der Waals surface area (Å²) >= 11 is 0. The Morgan fingerprint density at radius 2 is 1.71 bits per heavy atom. The van der Waals surface area contributed by atoms with Crippen LogP contribution in [0, 0.1) is 0 Å². The maximum Gasteiger partial charge on any atom is 0.434 e. The van der Waals surface area contributed by atoms with Crippen LogP contribution in [0.2, 0.25) is 0 Å². The molecule has 28 heavy (non-hydrogen) atoms. The zero-order valence-electron chi connectivity index (χ0n) is 14.6. The van der Waals surface area contributed by atoms with Gasteiger partial charge in [-0.1, -0.05) is 12.1 Å². The summed E-state index contributed by atoms with van der Waals surface area (Å²) in [6, 6.07) is 8.09. The number of aromatic nitrogens is 4. The van der Waals surface area contributed by atoms with Crippen LogP contribution in [0.3, 0.4) is 0 Å². The molecule has 3 aromatic heterocycles. The molecular formula is C18H15F3N6O. The summed E-state index contributed by atoms with van der Waals surface area (Å²) in [6.45, 7) is 2.37. The molecule has 144 valence electrons. The highest BCUT2D eigenvalue weighted by Gasteiger charge is 2.35. The highest BCUT2D eigenvalue weighted by molar-refractivity contribution is 5.74. The van der Waals surface area contributed by atoms with Crippen LogP contribution in [-0.4, -0.2) is 45.5 Å². The first-order chi connectivity index (χ1) is 13.5. The first-order valence-electron chi connectivity index (χ1n) is 8.75. The number of imidazole rings is 1.